The molecular weight excluding hydrogens is 220 g/mol. The van der Waals surface area contributed by atoms with Crippen LogP contribution in [0.25, 0.3) is 0 Å². The molecule has 1 aliphatic rings. The first-order chi connectivity index (χ1) is 7.52. The van der Waals surface area contributed by atoms with Crippen molar-refractivity contribution in [1.29, 1.82) is 0 Å². The van der Waals surface area contributed by atoms with Gasteiger partial charge in [0.15, 0.2) is 5.78 Å². The molecule has 17 heavy (non-hydrogen) atoms. The highest BCUT2D eigenvalue weighted by Gasteiger charge is 2.58. The third-order valence-corrected chi connectivity index (χ3v) is 3.79. The van der Waals surface area contributed by atoms with Gasteiger partial charge in [-0.05, 0) is 32.4 Å². The Morgan fingerprint density at radius 3 is 2.18 bits per heavy atom. The van der Waals surface area contributed by atoms with Gasteiger partial charge >= 0.3 is 0 Å². The predicted octanol–water partition coefficient (Wildman–Crippen LogP) is 0.795. The molecule has 0 bridgehead atoms. The molecular formula is C13H22O4. The molecule has 0 unspecified atom stereocenters. The van der Waals surface area contributed by atoms with Gasteiger partial charge in [-0.15, -0.1) is 0 Å². The molecule has 0 aromatic heterocycles. The molecule has 0 aromatic carbocycles. The van der Waals surface area contributed by atoms with Crippen LogP contribution in [0.3, 0.4) is 0 Å². The highest BCUT2D eigenvalue weighted by Crippen LogP contribution is 2.50. The average Bonchev–Trinajstić information content (AvgIpc) is 2.09. The van der Waals surface area contributed by atoms with Gasteiger partial charge in [0.25, 0.3) is 0 Å². The first kappa shape index (κ1) is 14.4. The first-order valence-corrected chi connectivity index (χ1v) is 5.84. The van der Waals surface area contributed by atoms with E-state index in [-0.39, 0.29) is 12.2 Å². The second kappa shape index (κ2) is 4.19. The lowest BCUT2D eigenvalue weighted by molar-refractivity contribution is -0.216. The zero-order valence-corrected chi connectivity index (χ0v) is 10.9. The van der Waals surface area contributed by atoms with Crippen LogP contribution in [0.1, 0.15) is 40.5 Å². The first-order valence-electron chi connectivity index (χ1n) is 5.84. The third-order valence-electron chi connectivity index (χ3n) is 3.79. The zero-order valence-electron chi connectivity index (χ0n) is 10.9. The van der Waals surface area contributed by atoms with Crippen molar-refractivity contribution >= 4 is 5.78 Å². The summed E-state index contributed by atoms with van der Waals surface area (Å²) in [6.45, 7) is 6.42. The van der Waals surface area contributed by atoms with E-state index in [2.05, 4.69) is 0 Å². The molecule has 0 aliphatic heterocycles. The van der Waals surface area contributed by atoms with Gasteiger partial charge in [0.05, 0.1) is 11.7 Å². The van der Waals surface area contributed by atoms with Crippen molar-refractivity contribution in [3.63, 3.8) is 0 Å². The quantitative estimate of drug-likeness (QED) is 0.626. The molecule has 0 saturated heterocycles. The van der Waals surface area contributed by atoms with Gasteiger partial charge in [-0.2, -0.15) is 0 Å². The van der Waals surface area contributed by atoms with E-state index in [0.717, 1.165) is 0 Å². The Morgan fingerprint density at radius 1 is 1.24 bits per heavy atom. The van der Waals surface area contributed by atoms with E-state index in [1.807, 2.05) is 0 Å². The Labute approximate surface area is 102 Å². The number of allylic oxidation sites excluding steroid dienone is 1. The van der Waals surface area contributed by atoms with Crippen molar-refractivity contribution in [1.82, 2.24) is 0 Å². The Bertz CT molecular complexity index is 323. The highest BCUT2D eigenvalue weighted by molar-refractivity contribution is 5.87. The van der Waals surface area contributed by atoms with Gasteiger partial charge in [0, 0.05) is 11.8 Å². The summed E-state index contributed by atoms with van der Waals surface area (Å²) < 4.78 is 0. The van der Waals surface area contributed by atoms with Crippen LogP contribution in [0.2, 0.25) is 0 Å². The topological polar surface area (TPSA) is 77.8 Å². The number of hydrogen-bond acceptors (Lipinski definition) is 4. The summed E-state index contributed by atoms with van der Waals surface area (Å²) in [6.07, 6.45) is 2.46. The summed E-state index contributed by atoms with van der Waals surface area (Å²) in [6, 6.07) is 0. The summed E-state index contributed by atoms with van der Waals surface area (Å²) in [5.41, 5.74) is -3.69. The average molecular weight is 242 g/mol. The van der Waals surface area contributed by atoms with Gasteiger partial charge in [-0.1, -0.05) is 13.8 Å². The maximum Gasteiger partial charge on any atom is 0.152 e. The lowest BCUT2D eigenvalue weighted by Gasteiger charge is -2.54. The Kier molecular flexibility index (Phi) is 3.54. The minimum absolute atomic E-state index is 0.0924. The van der Waals surface area contributed by atoms with Crippen molar-refractivity contribution in [2.45, 2.75) is 57.8 Å². The standard InChI is InChI=1S/C13H22O4/c1-9(14)5-6-13(17)11(2,3)7-10(15)8-12(13,4)16/h5-6,10,15-17H,7-8H2,1-4H3/b6-5-/t10-,12-,13+/m0/s1. The number of aliphatic hydroxyl groups excluding tert-OH is 1. The Hall–Kier alpha value is -0.710. The molecule has 0 heterocycles. The van der Waals surface area contributed by atoms with Crippen molar-refractivity contribution in [3.05, 3.63) is 12.2 Å². The van der Waals surface area contributed by atoms with Gasteiger partial charge < -0.3 is 15.3 Å². The second-order valence-electron chi connectivity index (χ2n) is 5.93. The third kappa shape index (κ3) is 2.44. The summed E-state index contributed by atoms with van der Waals surface area (Å²) in [5.74, 6) is -0.184. The van der Waals surface area contributed by atoms with E-state index < -0.39 is 22.7 Å². The van der Waals surface area contributed by atoms with Crippen molar-refractivity contribution in [2.24, 2.45) is 5.41 Å². The van der Waals surface area contributed by atoms with E-state index in [0.29, 0.717) is 6.42 Å². The van der Waals surface area contributed by atoms with Crippen LogP contribution in [-0.2, 0) is 4.79 Å². The number of ketones is 1. The lowest BCUT2D eigenvalue weighted by atomic mass is 9.57. The number of hydrogen-bond donors (Lipinski definition) is 3. The van der Waals surface area contributed by atoms with Crippen molar-refractivity contribution < 1.29 is 20.1 Å². The lowest BCUT2D eigenvalue weighted by Crippen LogP contribution is -2.65. The summed E-state index contributed by atoms with van der Waals surface area (Å²) in [5, 5.41) is 30.8. The molecule has 3 atom stereocenters. The maximum absolute atomic E-state index is 11.0. The summed E-state index contributed by atoms with van der Waals surface area (Å²) in [4.78, 5) is 11.0. The van der Waals surface area contributed by atoms with E-state index in [9.17, 15) is 20.1 Å². The SMILES string of the molecule is CC(=O)/C=C\[C@@]1(O)C(C)(C)C[C@H](O)C[C@]1(C)O. The number of rotatable bonds is 2. The van der Waals surface area contributed by atoms with E-state index >= 15 is 0 Å². The molecule has 0 amide bonds. The maximum atomic E-state index is 11.0. The number of carbonyl (C=O) groups is 1. The number of carbonyl (C=O) groups excluding carboxylic acids is 1. The summed E-state index contributed by atoms with van der Waals surface area (Å²) >= 11 is 0. The molecule has 4 nitrogen and oxygen atoms in total. The van der Waals surface area contributed by atoms with Crippen LogP contribution < -0.4 is 0 Å². The van der Waals surface area contributed by atoms with Crippen LogP contribution >= 0.6 is 0 Å². The van der Waals surface area contributed by atoms with Gasteiger partial charge in [-0.25, -0.2) is 0 Å². The molecule has 1 fully saturated rings. The molecule has 1 saturated carbocycles. The fourth-order valence-electron chi connectivity index (χ4n) is 2.80. The van der Waals surface area contributed by atoms with E-state index in [1.54, 1.807) is 13.8 Å². The van der Waals surface area contributed by atoms with E-state index in [4.69, 9.17) is 0 Å². The Morgan fingerprint density at radius 2 is 1.76 bits per heavy atom. The van der Waals surface area contributed by atoms with Crippen molar-refractivity contribution in [3.8, 4) is 0 Å². The molecule has 3 N–H and O–H groups in total. The summed E-state index contributed by atoms with van der Waals surface area (Å²) in [7, 11) is 0. The van der Waals surface area contributed by atoms with Crippen LogP contribution in [0.5, 0.6) is 0 Å². The number of aliphatic hydroxyl groups is 3. The van der Waals surface area contributed by atoms with Crippen LogP contribution in [0.4, 0.5) is 0 Å². The normalized spacial score (nSPS) is 41.7. The predicted molar refractivity (Wildman–Crippen MR) is 64.4 cm³/mol. The Balaban J connectivity index is 3.19. The zero-order chi connectivity index (χ0) is 13.5. The molecule has 1 aliphatic carbocycles. The minimum atomic E-state index is -1.52. The van der Waals surface area contributed by atoms with Gasteiger partial charge in [0.1, 0.15) is 5.60 Å². The minimum Gasteiger partial charge on any atom is -0.393 e. The van der Waals surface area contributed by atoms with E-state index in [1.165, 1.54) is 26.0 Å². The molecule has 98 valence electrons. The van der Waals surface area contributed by atoms with Gasteiger partial charge in [-0.3, -0.25) is 4.79 Å². The van der Waals surface area contributed by atoms with Gasteiger partial charge in [0.2, 0.25) is 0 Å². The molecule has 4 heteroatoms. The molecule has 0 spiro atoms. The van der Waals surface area contributed by atoms with Crippen LogP contribution in [0.15, 0.2) is 12.2 Å². The highest BCUT2D eigenvalue weighted by atomic mass is 16.4. The molecule has 0 radical (unpaired) electrons. The molecule has 0 aromatic rings. The van der Waals surface area contributed by atoms with Crippen molar-refractivity contribution in [2.75, 3.05) is 0 Å². The van der Waals surface area contributed by atoms with Crippen LogP contribution in [0, 0.1) is 5.41 Å². The van der Waals surface area contributed by atoms with Crippen LogP contribution in [-0.4, -0.2) is 38.4 Å². The largest absolute Gasteiger partial charge is 0.393 e. The molecule has 1 rings (SSSR count). The fourth-order valence-corrected chi connectivity index (χ4v) is 2.80. The smallest absolute Gasteiger partial charge is 0.152 e. The monoisotopic (exact) mass is 242 g/mol. The fraction of sp³-hybridized carbons (Fsp3) is 0.769. The second-order valence-corrected chi connectivity index (χ2v) is 5.93.